The molecule has 0 bridgehead atoms. The van der Waals surface area contributed by atoms with Gasteiger partial charge in [-0.2, -0.15) is 0 Å². The van der Waals surface area contributed by atoms with Crippen LogP contribution in [0.5, 0.6) is 0 Å². The molecule has 3 rings (SSSR count). The van der Waals surface area contributed by atoms with E-state index in [0.29, 0.717) is 0 Å². The molecular weight excluding hydrogens is 234 g/mol. The van der Waals surface area contributed by atoms with Crippen LogP contribution in [0.3, 0.4) is 0 Å². The number of anilines is 2. The Kier molecular flexibility index (Phi) is 2.32. The van der Waals surface area contributed by atoms with Gasteiger partial charge in [-0.1, -0.05) is 0 Å². The maximum atomic E-state index is 6.12. The van der Waals surface area contributed by atoms with Gasteiger partial charge in [-0.3, -0.25) is 4.57 Å². The van der Waals surface area contributed by atoms with Gasteiger partial charge in [0.1, 0.15) is 0 Å². The summed E-state index contributed by atoms with van der Waals surface area (Å²) in [6.45, 7) is 0. The molecule has 0 aromatic carbocycles. The van der Waals surface area contributed by atoms with Gasteiger partial charge in [0, 0.05) is 19.0 Å². The zero-order chi connectivity index (χ0) is 12.0. The van der Waals surface area contributed by atoms with E-state index in [4.69, 9.17) is 5.73 Å². The van der Waals surface area contributed by atoms with E-state index in [2.05, 4.69) is 15.5 Å². The van der Waals surface area contributed by atoms with Crippen molar-refractivity contribution in [2.75, 3.05) is 18.1 Å². The summed E-state index contributed by atoms with van der Waals surface area (Å²) in [4.78, 5) is 1.42. The highest BCUT2D eigenvalue weighted by atomic mass is 32.1. The Morgan fingerprint density at radius 3 is 2.88 bits per heavy atom. The maximum absolute atomic E-state index is 6.12. The van der Waals surface area contributed by atoms with Crippen LogP contribution in [0.2, 0.25) is 0 Å². The predicted octanol–water partition coefficient (Wildman–Crippen LogP) is 1.66. The Bertz CT molecular complexity index is 569. The van der Waals surface area contributed by atoms with E-state index in [-0.39, 0.29) is 0 Å². The third kappa shape index (κ3) is 1.44. The fraction of sp³-hybridized carbons (Fsp3) is 0.455. The molecule has 90 valence electrons. The SMILES string of the molecule is CNc1nnc(-c2c(N)sc3c2CCC3)n1C. The molecule has 0 unspecified atom stereocenters. The lowest BCUT2D eigenvalue weighted by Crippen LogP contribution is -2.01. The molecule has 0 atom stereocenters. The van der Waals surface area contributed by atoms with Crippen molar-refractivity contribution in [2.45, 2.75) is 19.3 Å². The van der Waals surface area contributed by atoms with Crippen LogP contribution < -0.4 is 11.1 Å². The van der Waals surface area contributed by atoms with Crippen molar-refractivity contribution in [1.29, 1.82) is 0 Å². The third-order valence-electron chi connectivity index (χ3n) is 3.27. The standard InChI is InChI=1S/C11H15N5S/c1-13-11-15-14-10(16(11)2)8-6-4-3-5-7(6)17-9(8)12/h3-5,12H2,1-2H3,(H,13,15). The maximum Gasteiger partial charge on any atom is 0.224 e. The van der Waals surface area contributed by atoms with Crippen LogP contribution in [0.4, 0.5) is 10.9 Å². The first kappa shape index (κ1) is 10.6. The van der Waals surface area contributed by atoms with Crippen molar-refractivity contribution >= 4 is 22.3 Å². The number of nitrogen functional groups attached to an aromatic ring is 1. The molecular formula is C11H15N5S. The molecule has 0 spiro atoms. The second-order valence-electron chi connectivity index (χ2n) is 4.25. The smallest absolute Gasteiger partial charge is 0.224 e. The predicted molar refractivity (Wildman–Crippen MR) is 70.3 cm³/mol. The van der Waals surface area contributed by atoms with Crippen molar-refractivity contribution in [3.05, 3.63) is 10.4 Å². The van der Waals surface area contributed by atoms with Crippen LogP contribution in [0.15, 0.2) is 0 Å². The summed E-state index contributed by atoms with van der Waals surface area (Å²) in [7, 11) is 3.80. The normalized spacial score (nSPS) is 14.0. The van der Waals surface area contributed by atoms with E-state index in [1.165, 1.54) is 16.9 Å². The first-order valence-corrected chi connectivity index (χ1v) is 6.51. The molecule has 17 heavy (non-hydrogen) atoms. The van der Waals surface area contributed by atoms with E-state index >= 15 is 0 Å². The number of hydrogen-bond donors (Lipinski definition) is 2. The average Bonchev–Trinajstić information content (AvgIpc) is 2.94. The van der Waals surface area contributed by atoms with Gasteiger partial charge in [0.2, 0.25) is 5.95 Å². The highest BCUT2D eigenvalue weighted by Crippen LogP contribution is 2.42. The minimum atomic E-state index is 0.761. The summed E-state index contributed by atoms with van der Waals surface area (Å²) < 4.78 is 1.96. The summed E-state index contributed by atoms with van der Waals surface area (Å²) >= 11 is 1.70. The minimum Gasteiger partial charge on any atom is -0.390 e. The summed E-state index contributed by atoms with van der Waals surface area (Å²) in [6.07, 6.45) is 3.49. The number of aryl methyl sites for hydroxylation is 1. The lowest BCUT2D eigenvalue weighted by molar-refractivity contribution is 0.905. The number of fused-ring (bicyclic) bond motifs is 1. The molecule has 0 aliphatic heterocycles. The summed E-state index contributed by atoms with van der Waals surface area (Å²) in [6, 6.07) is 0. The van der Waals surface area contributed by atoms with Crippen molar-refractivity contribution in [1.82, 2.24) is 14.8 Å². The van der Waals surface area contributed by atoms with Crippen LogP contribution in [-0.4, -0.2) is 21.8 Å². The third-order valence-corrected chi connectivity index (χ3v) is 4.39. The Morgan fingerprint density at radius 2 is 2.18 bits per heavy atom. The lowest BCUT2D eigenvalue weighted by atomic mass is 10.1. The molecule has 0 saturated carbocycles. The molecule has 1 aliphatic carbocycles. The van der Waals surface area contributed by atoms with E-state index in [0.717, 1.165) is 35.2 Å². The van der Waals surface area contributed by atoms with Crippen molar-refractivity contribution in [2.24, 2.45) is 7.05 Å². The van der Waals surface area contributed by atoms with E-state index in [9.17, 15) is 0 Å². The van der Waals surface area contributed by atoms with Crippen LogP contribution in [0.25, 0.3) is 11.4 Å². The molecule has 3 N–H and O–H groups in total. The molecule has 1 aliphatic rings. The van der Waals surface area contributed by atoms with Crippen LogP contribution >= 0.6 is 11.3 Å². The average molecular weight is 249 g/mol. The monoisotopic (exact) mass is 249 g/mol. The van der Waals surface area contributed by atoms with Gasteiger partial charge in [0.25, 0.3) is 0 Å². The van der Waals surface area contributed by atoms with Gasteiger partial charge in [0.05, 0.1) is 10.6 Å². The van der Waals surface area contributed by atoms with Gasteiger partial charge in [-0.05, 0) is 24.8 Å². The van der Waals surface area contributed by atoms with Crippen LogP contribution in [0, 0.1) is 0 Å². The van der Waals surface area contributed by atoms with Gasteiger partial charge < -0.3 is 11.1 Å². The number of nitrogens with one attached hydrogen (secondary N) is 1. The topological polar surface area (TPSA) is 68.8 Å². The summed E-state index contributed by atoms with van der Waals surface area (Å²) in [5, 5.41) is 12.2. The number of aromatic nitrogens is 3. The first-order chi connectivity index (χ1) is 8.22. The van der Waals surface area contributed by atoms with Gasteiger partial charge in [-0.25, -0.2) is 0 Å². The van der Waals surface area contributed by atoms with Gasteiger partial charge in [-0.15, -0.1) is 21.5 Å². The molecule has 0 fully saturated rings. The van der Waals surface area contributed by atoms with Crippen molar-refractivity contribution in [3.8, 4) is 11.4 Å². The molecule has 2 aromatic heterocycles. The van der Waals surface area contributed by atoms with Crippen LogP contribution in [0.1, 0.15) is 16.9 Å². The van der Waals surface area contributed by atoms with Crippen molar-refractivity contribution in [3.63, 3.8) is 0 Å². The lowest BCUT2D eigenvalue weighted by Gasteiger charge is -2.04. The van der Waals surface area contributed by atoms with E-state index in [1.807, 2.05) is 18.7 Å². The Balaban J connectivity index is 2.18. The molecule has 2 aromatic rings. The zero-order valence-electron chi connectivity index (χ0n) is 9.95. The van der Waals surface area contributed by atoms with Crippen molar-refractivity contribution < 1.29 is 0 Å². The fourth-order valence-corrected chi connectivity index (χ4v) is 3.59. The highest BCUT2D eigenvalue weighted by Gasteiger charge is 2.25. The number of hydrogen-bond acceptors (Lipinski definition) is 5. The second kappa shape index (κ2) is 3.73. The summed E-state index contributed by atoms with van der Waals surface area (Å²) in [5.74, 6) is 1.63. The first-order valence-electron chi connectivity index (χ1n) is 5.70. The molecule has 0 amide bonds. The quantitative estimate of drug-likeness (QED) is 0.849. The fourth-order valence-electron chi connectivity index (χ4n) is 2.44. The Labute approximate surface area is 104 Å². The Morgan fingerprint density at radius 1 is 1.35 bits per heavy atom. The summed E-state index contributed by atoms with van der Waals surface area (Å²) in [5.41, 5.74) is 8.60. The largest absolute Gasteiger partial charge is 0.390 e. The number of thiophene rings is 1. The highest BCUT2D eigenvalue weighted by molar-refractivity contribution is 7.16. The number of rotatable bonds is 2. The zero-order valence-corrected chi connectivity index (χ0v) is 10.8. The van der Waals surface area contributed by atoms with Gasteiger partial charge in [0.15, 0.2) is 5.82 Å². The van der Waals surface area contributed by atoms with E-state index < -0.39 is 0 Å². The molecule has 0 saturated heterocycles. The second-order valence-corrected chi connectivity index (χ2v) is 5.39. The number of nitrogens with two attached hydrogens (primary N) is 1. The van der Waals surface area contributed by atoms with Crippen LogP contribution in [-0.2, 0) is 19.9 Å². The van der Waals surface area contributed by atoms with Gasteiger partial charge >= 0.3 is 0 Å². The Hall–Kier alpha value is -1.56. The number of nitrogens with zero attached hydrogens (tertiary/aromatic N) is 3. The molecule has 6 heteroatoms. The molecule has 5 nitrogen and oxygen atoms in total. The minimum absolute atomic E-state index is 0.761. The molecule has 2 heterocycles. The molecule has 0 radical (unpaired) electrons. The van der Waals surface area contributed by atoms with E-state index in [1.54, 1.807) is 11.3 Å².